The quantitative estimate of drug-likeness (QED) is 0.791. The molecule has 1 unspecified atom stereocenters. The van der Waals surface area contributed by atoms with E-state index in [1.54, 1.807) is 17.5 Å². The summed E-state index contributed by atoms with van der Waals surface area (Å²) in [4.78, 5) is 10.2. The Balaban J connectivity index is 2.17. The van der Waals surface area contributed by atoms with Crippen molar-refractivity contribution in [2.45, 2.75) is 25.8 Å². The molecule has 3 aromatic heterocycles. The fraction of sp³-hybridized carbons (Fsp3) is 0.286. The molecule has 0 radical (unpaired) electrons. The van der Waals surface area contributed by atoms with Crippen LogP contribution in [0.5, 0.6) is 0 Å². The molecule has 3 rings (SSSR count). The van der Waals surface area contributed by atoms with Crippen molar-refractivity contribution in [1.82, 2.24) is 14.5 Å². The molecule has 0 fully saturated rings. The Labute approximate surface area is 115 Å². The number of hydrogen-bond acceptors (Lipinski definition) is 4. The van der Waals surface area contributed by atoms with Crippen LogP contribution < -0.4 is 5.73 Å². The highest BCUT2D eigenvalue weighted by Crippen LogP contribution is 2.32. The maximum absolute atomic E-state index is 6.11. The summed E-state index contributed by atoms with van der Waals surface area (Å²) in [5.74, 6) is 0.542. The highest BCUT2D eigenvalue weighted by atomic mass is 32.1. The molecule has 0 spiro atoms. The second kappa shape index (κ2) is 5.01. The molecule has 0 aliphatic carbocycles. The Morgan fingerprint density at radius 2 is 2.26 bits per heavy atom. The SMILES string of the molecule is CCCC(c1cccs1)n1c(N)nc2cccnc21. The first-order valence-corrected chi connectivity index (χ1v) is 7.31. The van der Waals surface area contributed by atoms with E-state index in [9.17, 15) is 0 Å². The third kappa shape index (κ3) is 2.10. The zero-order valence-electron chi connectivity index (χ0n) is 10.8. The lowest BCUT2D eigenvalue weighted by Crippen LogP contribution is -2.12. The third-order valence-corrected chi connectivity index (χ3v) is 4.20. The zero-order valence-corrected chi connectivity index (χ0v) is 11.6. The van der Waals surface area contributed by atoms with Gasteiger partial charge in [0.1, 0.15) is 5.52 Å². The van der Waals surface area contributed by atoms with Crippen LogP contribution in [0.4, 0.5) is 5.95 Å². The van der Waals surface area contributed by atoms with Crippen LogP contribution in [0.2, 0.25) is 0 Å². The highest BCUT2D eigenvalue weighted by Gasteiger charge is 2.20. The van der Waals surface area contributed by atoms with E-state index in [0.29, 0.717) is 5.95 Å². The number of fused-ring (bicyclic) bond motifs is 1. The van der Waals surface area contributed by atoms with E-state index in [0.717, 1.165) is 24.0 Å². The van der Waals surface area contributed by atoms with Crippen LogP contribution in [0.1, 0.15) is 30.7 Å². The number of pyridine rings is 1. The molecular weight excluding hydrogens is 256 g/mol. The molecule has 0 aliphatic rings. The van der Waals surface area contributed by atoms with Crippen molar-refractivity contribution < 1.29 is 0 Å². The molecule has 4 nitrogen and oxygen atoms in total. The minimum atomic E-state index is 0.227. The van der Waals surface area contributed by atoms with Gasteiger partial charge in [0.15, 0.2) is 5.65 Å². The number of nitrogens with zero attached hydrogens (tertiary/aromatic N) is 3. The van der Waals surface area contributed by atoms with Crippen molar-refractivity contribution in [2.75, 3.05) is 5.73 Å². The number of rotatable bonds is 4. The molecule has 0 aliphatic heterocycles. The number of hydrogen-bond donors (Lipinski definition) is 1. The zero-order chi connectivity index (χ0) is 13.2. The van der Waals surface area contributed by atoms with Crippen LogP contribution >= 0.6 is 11.3 Å². The van der Waals surface area contributed by atoms with Crippen LogP contribution in [0.25, 0.3) is 11.2 Å². The third-order valence-electron chi connectivity index (χ3n) is 3.22. The predicted molar refractivity (Wildman–Crippen MR) is 79.3 cm³/mol. The lowest BCUT2D eigenvalue weighted by Gasteiger charge is -2.18. The van der Waals surface area contributed by atoms with Crippen molar-refractivity contribution in [3.8, 4) is 0 Å². The molecule has 1 atom stereocenters. The van der Waals surface area contributed by atoms with E-state index in [1.165, 1.54) is 4.88 Å². The average Bonchev–Trinajstić information content (AvgIpc) is 3.03. The summed E-state index contributed by atoms with van der Waals surface area (Å²) in [6, 6.07) is 8.29. The van der Waals surface area contributed by atoms with Crippen LogP contribution in [0, 0.1) is 0 Å². The number of aromatic nitrogens is 3. The topological polar surface area (TPSA) is 56.7 Å². The fourth-order valence-corrected chi connectivity index (χ4v) is 3.26. The van der Waals surface area contributed by atoms with Gasteiger partial charge in [0.05, 0.1) is 6.04 Å². The Bertz CT molecular complexity index is 672. The number of imidazole rings is 1. The van der Waals surface area contributed by atoms with Crippen molar-refractivity contribution in [1.29, 1.82) is 0 Å². The first-order chi connectivity index (χ1) is 9.31. The molecule has 3 aromatic rings. The molecule has 0 saturated carbocycles. The number of thiophene rings is 1. The summed E-state index contributed by atoms with van der Waals surface area (Å²) >= 11 is 1.75. The summed E-state index contributed by atoms with van der Waals surface area (Å²) in [6.07, 6.45) is 3.92. The molecule has 0 bridgehead atoms. The van der Waals surface area contributed by atoms with E-state index in [2.05, 4.69) is 39.0 Å². The van der Waals surface area contributed by atoms with Gasteiger partial charge < -0.3 is 5.73 Å². The highest BCUT2D eigenvalue weighted by molar-refractivity contribution is 7.10. The molecule has 0 amide bonds. The Morgan fingerprint density at radius 3 is 3.00 bits per heavy atom. The first kappa shape index (κ1) is 12.2. The monoisotopic (exact) mass is 272 g/mol. The summed E-state index contributed by atoms with van der Waals surface area (Å²) < 4.78 is 2.06. The first-order valence-electron chi connectivity index (χ1n) is 6.43. The van der Waals surface area contributed by atoms with E-state index in [1.807, 2.05) is 12.1 Å². The lowest BCUT2D eigenvalue weighted by atomic mass is 10.1. The Hall–Kier alpha value is -1.88. The van der Waals surface area contributed by atoms with Gasteiger partial charge in [-0.05, 0) is 30.0 Å². The van der Waals surface area contributed by atoms with E-state index < -0.39 is 0 Å². The van der Waals surface area contributed by atoms with Gasteiger partial charge >= 0.3 is 0 Å². The smallest absolute Gasteiger partial charge is 0.203 e. The molecule has 19 heavy (non-hydrogen) atoms. The van der Waals surface area contributed by atoms with Crippen molar-refractivity contribution >= 4 is 28.4 Å². The van der Waals surface area contributed by atoms with Gasteiger partial charge in [-0.25, -0.2) is 9.97 Å². The molecule has 0 saturated heterocycles. The van der Waals surface area contributed by atoms with Gasteiger partial charge in [-0.2, -0.15) is 0 Å². The van der Waals surface area contributed by atoms with Crippen LogP contribution in [-0.2, 0) is 0 Å². The second-order valence-electron chi connectivity index (χ2n) is 4.51. The summed E-state index contributed by atoms with van der Waals surface area (Å²) in [7, 11) is 0. The summed E-state index contributed by atoms with van der Waals surface area (Å²) in [5.41, 5.74) is 7.83. The maximum atomic E-state index is 6.11. The van der Waals surface area contributed by atoms with Gasteiger partial charge in [0.2, 0.25) is 5.95 Å². The van der Waals surface area contributed by atoms with Crippen molar-refractivity contribution in [3.05, 3.63) is 40.7 Å². The molecule has 3 heterocycles. The van der Waals surface area contributed by atoms with Crippen LogP contribution in [-0.4, -0.2) is 14.5 Å². The van der Waals surface area contributed by atoms with Crippen LogP contribution in [0.15, 0.2) is 35.8 Å². The minimum Gasteiger partial charge on any atom is -0.369 e. The fourth-order valence-electron chi connectivity index (χ4n) is 2.41. The molecule has 5 heteroatoms. The summed E-state index contributed by atoms with van der Waals surface area (Å²) in [6.45, 7) is 2.18. The predicted octanol–water partition coefficient (Wildman–Crippen LogP) is 3.46. The minimum absolute atomic E-state index is 0.227. The Kier molecular flexibility index (Phi) is 3.21. The van der Waals surface area contributed by atoms with Crippen LogP contribution in [0.3, 0.4) is 0 Å². The van der Waals surface area contributed by atoms with Gasteiger partial charge in [-0.1, -0.05) is 19.4 Å². The standard InChI is InChI=1S/C14H16N4S/c1-2-5-11(12-7-4-9-19-12)18-13-10(17-14(18)15)6-3-8-16-13/h3-4,6-9,11H,2,5H2,1H3,(H2,15,17). The van der Waals surface area contributed by atoms with Gasteiger partial charge in [-0.3, -0.25) is 4.57 Å². The second-order valence-corrected chi connectivity index (χ2v) is 5.49. The Morgan fingerprint density at radius 1 is 1.37 bits per heavy atom. The number of anilines is 1. The number of nitrogens with two attached hydrogens (primary N) is 1. The number of nitrogen functional groups attached to an aromatic ring is 1. The maximum Gasteiger partial charge on any atom is 0.203 e. The van der Waals surface area contributed by atoms with Gasteiger partial charge in [0, 0.05) is 11.1 Å². The molecular formula is C14H16N4S. The largest absolute Gasteiger partial charge is 0.369 e. The van der Waals surface area contributed by atoms with Gasteiger partial charge in [0.25, 0.3) is 0 Å². The van der Waals surface area contributed by atoms with E-state index >= 15 is 0 Å². The van der Waals surface area contributed by atoms with Crippen molar-refractivity contribution in [2.24, 2.45) is 0 Å². The summed E-state index contributed by atoms with van der Waals surface area (Å²) in [5, 5.41) is 2.10. The van der Waals surface area contributed by atoms with Gasteiger partial charge in [-0.15, -0.1) is 11.3 Å². The average molecular weight is 272 g/mol. The molecule has 2 N–H and O–H groups in total. The van der Waals surface area contributed by atoms with E-state index in [-0.39, 0.29) is 6.04 Å². The molecule has 0 aromatic carbocycles. The lowest BCUT2D eigenvalue weighted by molar-refractivity contribution is 0.557. The molecule has 98 valence electrons. The van der Waals surface area contributed by atoms with E-state index in [4.69, 9.17) is 5.73 Å². The normalized spacial score (nSPS) is 12.9. The van der Waals surface area contributed by atoms with Crippen molar-refractivity contribution in [3.63, 3.8) is 0 Å².